The normalized spacial score (nSPS) is 24.9. The Morgan fingerprint density at radius 2 is 1.48 bits per heavy atom. The molecule has 2 atom stereocenters. The monoisotopic (exact) mass is 659 g/mol. The minimum Gasteiger partial charge on any atom is -0.480 e. The number of fused-ring (bicyclic) bond motifs is 2. The van der Waals surface area contributed by atoms with Crippen LogP contribution in [0.25, 0.3) is 0 Å². The molecule has 5 rings (SSSR count). The van der Waals surface area contributed by atoms with Gasteiger partial charge in [0.15, 0.2) is 0 Å². The second kappa shape index (κ2) is 9.75. The van der Waals surface area contributed by atoms with E-state index in [0.717, 1.165) is 27.3 Å². The van der Waals surface area contributed by atoms with E-state index in [1.165, 1.54) is 0 Å². The Morgan fingerprint density at radius 1 is 0.939 bits per heavy atom. The van der Waals surface area contributed by atoms with E-state index in [2.05, 4.69) is 10.6 Å². The third-order valence-corrected chi connectivity index (χ3v) is 7.20. The molecule has 0 radical (unpaired) electrons. The third-order valence-electron chi connectivity index (χ3n) is 6.49. The van der Waals surface area contributed by atoms with E-state index in [0.29, 0.717) is 43.5 Å². The van der Waals surface area contributed by atoms with Crippen molar-refractivity contribution in [3.63, 3.8) is 0 Å². The number of carbonyl (C=O) groups excluding carboxylic acids is 2. The smallest absolute Gasteiger partial charge is 0.324 e. The Bertz CT molecular complexity index is 1130. The Labute approximate surface area is 215 Å². The first-order chi connectivity index (χ1) is 15.1. The summed E-state index contributed by atoms with van der Waals surface area (Å²) in [6.07, 6.45) is 3.26. The SMILES string of the molecule is NC1(C(=O)O)CCc2c(Cl)cccc2C1.O=C1NC(=O)C2(CCc3c(Cl)cccc3C2)N1.[W]. The molecule has 2 aromatic carbocycles. The summed E-state index contributed by atoms with van der Waals surface area (Å²) >= 11 is 12.1. The van der Waals surface area contributed by atoms with E-state index in [-0.39, 0.29) is 27.0 Å². The van der Waals surface area contributed by atoms with Crippen molar-refractivity contribution in [3.8, 4) is 0 Å². The average molecular weight is 660 g/mol. The van der Waals surface area contributed by atoms with Crippen molar-refractivity contribution in [2.24, 2.45) is 5.73 Å². The van der Waals surface area contributed by atoms with Gasteiger partial charge in [-0.05, 0) is 60.1 Å². The molecular formula is C23H23Cl2N3O4W. The fourth-order valence-electron chi connectivity index (χ4n) is 4.64. The first-order valence-corrected chi connectivity index (χ1v) is 11.1. The number of amides is 3. The summed E-state index contributed by atoms with van der Waals surface area (Å²) in [6.45, 7) is 0. The number of nitrogens with one attached hydrogen (secondary N) is 2. The number of carboxylic acids is 1. The second-order valence-electron chi connectivity index (χ2n) is 8.56. The quantitative estimate of drug-likeness (QED) is 0.351. The molecule has 5 N–H and O–H groups in total. The molecule has 10 heteroatoms. The summed E-state index contributed by atoms with van der Waals surface area (Å²) in [5.41, 5.74) is 8.06. The zero-order valence-corrected chi connectivity index (χ0v) is 22.1. The molecule has 1 saturated heterocycles. The molecule has 0 aromatic heterocycles. The van der Waals surface area contributed by atoms with E-state index >= 15 is 0 Å². The van der Waals surface area contributed by atoms with Crippen molar-refractivity contribution in [1.29, 1.82) is 0 Å². The van der Waals surface area contributed by atoms with E-state index in [4.69, 9.17) is 34.0 Å². The number of halogens is 2. The van der Waals surface area contributed by atoms with Gasteiger partial charge < -0.3 is 16.2 Å². The first-order valence-electron chi connectivity index (χ1n) is 10.3. The van der Waals surface area contributed by atoms with Crippen molar-refractivity contribution in [3.05, 3.63) is 68.7 Å². The van der Waals surface area contributed by atoms with E-state index in [1.807, 2.05) is 36.4 Å². The number of imide groups is 1. The topological polar surface area (TPSA) is 122 Å². The molecule has 174 valence electrons. The van der Waals surface area contributed by atoms with Gasteiger partial charge in [-0.1, -0.05) is 47.5 Å². The van der Waals surface area contributed by atoms with Gasteiger partial charge in [0.1, 0.15) is 11.1 Å². The average Bonchev–Trinajstić information content (AvgIpc) is 3.00. The first kappa shape index (κ1) is 25.7. The number of hydrogen-bond acceptors (Lipinski definition) is 4. The summed E-state index contributed by atoms with van der Waals surface area (Å²) in [6, 6.07) is 10.8. The van der Waals surface area contributed by atoms with Crippen LogP contribution in [-0.4, -0.2) is 34.1 Å². The van der Waals surface area contributed by atoms with Gasteiger partial charge in [0.05, 0.1) is 0 Å². The number of carbonyl (C=O) groups is 3. The maximum atomic E-state index is 11.8. The predicted octanol–water partition coefficient (Wildman–Crippen LogP) is 3.02. The van der Waals surface area contributed by atoms with E-state index < -0.39 is 23.1 Å². The van der Waals surface area contributed by atoms with Crippen LogP contribution in [0.4, 0.5) is 4.79 Å². The van der Waals surface area contributed by atoms with Crippen LogP contribution in [0.5, 0.6) is 0 Å². The Kier molecular flexibility index (Phi) is 7.59. The summed E-state index contributed by atoms with van der Waals surface area (Å²) in [5, 5.41) is 15.5. The van der Waals surface area contributed by atoms with E-state index in [9.17, 15) is 14.4 Å². The van der Waals surface area contributed by atoms with Gasteiger partial charge in [-0.3, -0.25) is 14.9 Å². The van der Waals surface area contributed by atoms with Gasteiger partial charge in [0.2, 0.25) is 0 Å². The van der Waals surface area contributed by atoms with Crippen LogP contribution in [0.15, 0.2) is 36.4 Å². The molecule has 0 bridgehead atoms. The molecule has 33 heavy (non-hydrogen) atoms. The van der Waals surface area contributed by atoms with Gasteiger partial charge in [-0.15, -0.1) is 0 Å². The number of benzene rings is 2. The van der Waals surface area contributed by atoms with Gasteiger partial charge in [0, 0.05) is 44.0 Å². The molecular weight excluding hydrogens is 637 g/mol. The van der Waals surface area contributed by atoms with Crippen molar-refractivity contribution >= 4 is 41.1 Å². The predicted molar refractivity (Wildman–Crippen MR) is 121 cm³/mol. The molecule has 1 spiro atoms. The van der Waals surface area contributed by atoms with Crippen LogP contribution in [0.2, 0.25) is 10.0 Å². The summed E-state index contributed by atoms with van der Waals surface area (Å²) in [7, 11) is 0. The fraction of sp³-hybridized carbons (Fsp3) is 0.348. The Hall–Kier alpha value is -1.92. The third kappa shape index (κ3) is 4.97. The number of hydrogen-bond donors (Lipinski definition) is 4. The van der Waals surface area contributed by atoms with Gasteiger partial charge in [-0.2, -0.15) is 0 Å². The second-order valence-corrected chi connectivity index (χ2v) is 9.37. The van der Waals surface area contributed by atoms with E-state index in [1.54, 1.807) is 0 Å². The molecule has 1 heterocycles. The van der Waals surface area contributed by atoms with Crippen LogP contribution >= 0.6 is 23.2 Å². The van der Waals surface area contributed by atoms with Crippen LogP contribution in [0.3, 0.4) is 0 Å². The van der Waals surface area contributed by atoms with Crippen LogP contribution in [0.1, 0.15) is 35.1 Å². The van der Waals surface area contributed by atoms with Gasteiger partial charge in [-0.25, -0.2) is 4.79 Å². The van der Waals surface area contributed by atoms with Crippen molar-refractivity contribution < 1.29 is 40.6 Å². The molecule has 7 nitrogen and oxygen atoms in total. The van der Waals surface area contributed by atoms with Crippen LogP contribution in [-0.2, 0) is 56.3 Å². The standard InChI is InChI=1S/C12H11ClN2O2.C11H12ClNO2.W/c13-9-3-1-2-7-6-12(5-4-8(7)9)10(16)14-11(17)15-12;12-9-3-1-2-7-6-11(13,10(14)15)5-4-8(7)9;/h1-3H,4-6H2,(H2,14,15,16,17);1-3H,4-6,13H2,(H,14,15);. The number of nitrogens with two attached hydrogens (primary N) is 1. The Morgan fingerprint density at radius 3 is 2.00 bits per heavy atom. The van der Waals surface area contributed by atoms with Gasteiger partial charge >= 0.3 is 12.0 Å². The number of carboxylic acid groups (broad SMARTS) is 1. The molecule has 0 saturated carbocycles. The number of urea groups is 1. The zero-order valence-electron chi connectivity index (χ0n) is 17.6. The molecule has 2 aromatic rings. The van der Waals surface area contributed by atoms with Crippen molar-refractivity contribution in [1.82, 2.24) is 10.6 Å². The summed E-state index contributed by atoms with van der Waals surface area (Å²) in [5.74, 6) is -1.17. The largest absolute Gasteiger partial charge is 0.480 e. The maximum Gasteiger partial charge on any atom is 0.324 e. The summed E-state index contributed by atoms with van der Waals surface area (Å²) < 4.78 is 0. The maximum absolute atomic E-state index is 11.8. The fourth-order valence-corrected chi connectivity index (χ4v) is 5.21. The van der Waals surface area contributed by atoms with Crippen molar-refractivity contribution in [2.75, 3.05) is 0 Å². The van der Waals surface area contributed by atoms with Crippen molar-refractivity contribution in [2.45, 2.75) is 49.6 Å². The molecule has 3 aliphatic rings. The van der Waals surface area contributed by atoms with Crippen LogP contribution < -0.4 is 16.4 Å². The molecule has 2 aliphatic carbocycles. The minimum absolute atomic E-state index is 0. The zero-order chi connectivity index (χ0) is 23.1. The molecule has 1 fully saturated rings. The summed E-state index contributed by atoms with van der Waals surface area (Å²) in [4.78, 5) is 34.1. The minimum atomic E-state index is -1.13. The molecule has 3 amide bonds. The Balaban J connectivity index is 0.000000182. The molecule has 1 aliphatic heterocycles. The number of rotatable bonds is 1. The number of aliphatic carboxylic acids is 1. The molecule has 2 unspecified atom stereocenters. The van der Waals surface area contributed by atoms with Crippen LogP contribution in [0, 0.1) is 0 Å². The van der Waals surface area contributed by atoms with Gasteiger partial charge in [0.25, 0.3) is 5.91 Å².